The zero-order chi connectivity index (χ0) is 14.3. The fourth-order valence-corrected chi connectivity index (χ4v) is 1.81. The van der Waals surface area contributed by atoms with E-state index in [9.17, 15) is 4.79 Å². The molecule has 19 heavy (non-hydrogen) atoms. The minimum Gasteiger partial charge on any atom is -0.326 e. The van der Waals surface area contributed by atoms with Crippen molar-refractivity contribution in [2.75, 3.05) is 26.0 Å². The monoisotopic (exact) mass is 263 g/mol. The largest absolute Gasteiger partial charge is 0.326 e. The van der Waals surface area contributed by atoms with Crippen LogP contribution in [0.15, 0.2) is 24.3 Å². The van der Waals surface area contributed by atoms with Gasteiger partial charge in [0.15, 0.2) is 0 Å². The number of rotatable bonds is 7. The van der Waals surface area contributed by atoms with Gasteiger partial charge in [-0.1, -0.05) is 32.0 Å². The lowest BCUT2D eigenvalue weighted by atomic mass is 10.1. The molecular weight excluding hydrogens is 238 g/mol. The predicted molar refractivity (Wildman–Crippen MR) is 80.2 cm³/mol. The van der Waals surface area contributed by atoms with E-state index in [0.717, 1.165) is 17.8 Å². The molecule has 0 atom stereocenters. The van der Waals surface area contributed by atoms with Gasteiger partial charge in [0.2, 0.25) is 5.91 Å². The first kappa shape index (κ1) is 15.7. The second-order valence-electron chi connectivity index (χ2n) is 5.30. The van der Waals surface area contributed by atoms with Crippen molar-refractivity contribution in [2.45, 2.75) is 32.9 Å². The number of hydrogen-bond acceptors (Lipinski definition) is 3. The van der Waals surface area contributed by atoms with E-state index in [1.54, 1.807) is 0 Å². The molecule has 0 unspecified atom stereocenters. The van der Waals surface area contributed by atoms with Crippen LogP contribution in [0.3, 0.4) is 0 Å². The highest BCUT2D eigenvalue weighted by atomic mass is 16.1. The number of hydrogen-bond donors (Lipinski definition) is 2. The maximum Gasteiger partial charge on any atom is 0.225 e. The van der Waals surface area contributed by atoms with Gasteiger partial charge in [-0.05, 0) is 25.7 Å². The van der Waals surface area contributed by atoms with E-state index in [2.05, 4.69) is 29.4 Å². The number of carbonyl (C=O) groups is 1. The molecule has 0 saturated heterocycles. The summed E-state index contributed by atoms with van der Waals surface area (Å²) < 4.78 is 0. The summed E-state index contributed by atoms with van der Waals surface area (Å²) in [6, 6.07) is 8.35. The van der Waals surface area contributed by atoms with E-state index in [1.807, 2.05) is 38.4 Å². The van der Waals surface area contributed by atoms with Gasteiger partial charge in [-0.25, -0.2) is 0 Å². The highest BCUT2D eigenvalue weighted by molar-refractivity contribution is 5.91. The molecule has 0 spiro atoms. The highest BCUT2D eigenvalue weighted by Crippen LogP contribution is 2.16. The lowest BCUT2D eigenvalue weighted by Crippen LogP contribution is -2.27. The first-order valence-electron chi connectivity index (χ1n) is 6.75. The number of benzene rings is 1. The van der Waals surface area contributed by atoms with Crippen molar-refractivity contribution in [2.24, 2.45) is 0 Å². The van der Waals surface area contributed by atoms with Crippen LogP contribution in [0.25, 0.3) is 0 Å². The lowest BCUT2D eigenvalue weighted by Gasteiger charge is -2.15. The van der Waals surface area contributed by atoms with Crippen LogP contribution in [0.2, 0.25) is 0 Å². The minimum absolute atomic E-state index is 0.0550. The van der Waals surface area contributed by atoms with Crippen LogP contribution >= 0.6 is 0 Å². The minimum atomic E-state index is 0.0550. The summed E-state index contributed by atoms with van der Waals surface area (Å²) in [6.07, 6.45) is 0.495. The van der Waals surface area contributed by atoms with Gasteiger partial charge in [0, 0.05) is 31.2 Å². The van der Waals surface area contributed by atoms with Crippen LogP contribution in [-0.4, -0.2) is 37.5 Å². The summed E-state index contributed by atoms with van der Waals surface area (Å²) >= 11 is 0. The molecule has 1 amide bonds. The Hall–Kier alpha value is -1.39. The van der Waals surface area contributed by atoms with Gasteiger partial charge in [-0.2, -0.15) is 0 Å². The summed E-state index contributed by atoms with van der Waals surface area (Å²) in [7, 11) is 4.04. The van der Waals surface area contributed by atoms with Crippen LogP contribution in [0.5, 0.6) is 0 Å². The second kappa shape index (κ2) is 7.92. The third-order valence-corrected chi connectivity index (χ3v) is 2.68. The van der Waals surface area contributed by atoms with Crippen molar-refractivity contribution in [1.82, 2.24) is 10.2 Å². The van der Waals surface area contributed by atoms with Gasteiger partial charge in [0.1, 0.15) is 0 Å². The van der Waals surface area contributed by atoms with E-state index in [1.165, 1.54) is 0 Å². The number of nitrogens with one attached hydrogen (secondary N) is 2. The van der Waals surface area contributed by atoms with Crippen molar-refractivity contribution in [3.63, 3.8) is 0 Å². The van der Waals surface area contributed by atoms with Crippen molar-refractivity contribution in [3.05, 3.63) is 29.8 Å². The molecule has 0 saturated carbocycles. The fraction of sp³-hybridized carbons (Fsp3) is 0.533. The van der Waals surface area contributed by atoms with Crippen LogP contribution in [0, 0.1) is 0 Å². The Kier molecular flexibility index (Phi) is 6.53. The average molecular weight is 263 g/mol. The molecule has 0 aliphatic rings. The molecule has 106 valence electrons. The molecule has 0 aromatic heterocycles. The molecule has 1 rings (SSSR count). The molecule has 0 fully saturated rings. The molecule has 0 radical (unpaired) electrons. The number of carbonyl (C=O) groups excluding carboxylic acids is 1. The van der Waals surface area contributed by atoms with Crippen molar-refractivity contribution in [1.29, 1.82) is 0 Å². The number of nitrogens with zero attached hydrogens (tertiary/aromatic N) is 1. The molecule has 2 N–H and O–H groups in total. The zero-order valence-electron chi connectivity index (χ0n) is 12.4. The molecule has 4 nitrogen and oxygen atoms in total. The molecule has 4 heteroatoms. The highest BCUT2D eigenvalue weighted by Gasteiger charge is 2.07. The predicted octanol–water partition coefficient (Wildman–Crippen LogP) is 2.07. The fourth-order valence-electron chi connectivity index (χ4n) is 1.81. The van der Waals surface area contributed by atoms with Gasteiger partial charge in [0.25, 0.3) is 0 Å². The third-order valence-electron chi connectivity index (χ3n) is 2.68. The van der Waals surface area contributed by atoms with Crippen molar-refractivity contribution >= 4 is 11.6 Å². The smallest absolute Gasteiger partial charge is 0.225 e. The summed E-state index contributed by atoms with van der Waals surface area (Å²) in [6.45, 7) is 5.68. The molecular formula is C15H25N3O. The van der Waals surface area contributed by atoms with Crippen LogP contribution in [0.4, 0.5) is 5.69 Å². The van der Waals surface area contributed by atoms with Crippen LogP contribution in [0.1, 0.15) is 25.8 Å². The average Bonchev–Trinajstić information content (AvgIpc) is 2.30. The second-order valence-corrected chi connectivity index (χ2v) is 5.30. The number of para-hydroxylation sites is 1. The summed E-state index contributed by atoms with van der Waals surface area (Å²) in [5, 5.41) is 6.22. The molecule has 1 aromatic rings. The summed E-state index contributed by atoms with van der Waals surface area (Å²) in [5.41, 5.74) is 2.04. The lowest BCUT2D eigenvalue weighted by molar-refractivity contribution is -0.116. The normalized spacial score (nSPS) is 11.1. The quantitative estimate of drug-likeness (QED) is 0.791. The first-order chi connectivity index (χ1) is 8.99. The van der Waals surface area contributed by atoms with Gasteiger partial charge >= 0.3 is 0 Å². The van der Waals surface area contributed by atoms with Crippen LogP contribution < -0.4 is 10.6 Å². The van der Waals surface area contributed by atoms with E-state index < -0.39 is 0 Å². The topological polar surface area (TPSA) is 44.4 Å². The van der Waals surface area contributed by atoms with Gasteiger partial charge < -0.3 is 15.5 Å². The standard InChI is InChI=1S/C15H25N3O/c1-12(2)16-10-9-15(19)17-14-8-6-5-7-13(14)11-18(3)4/h5-8,12,16H,9-11H2,1-4H3,(H,17,19). The Morgan fingerprint density at radius 1 is 1.26 bits per heavy atom. The van der Waals surface area contributed by atoms with E-state index >= 15 is 0 Å². The molecule has 1 aromatic carbocycles. The maximum absolute atomic E-state index is 11.9. The Labute approximate surface area is 116 Å². The first-order valence-corrected chi connectivity index (χ1v) is 6.75. The van der Waals surface area contributed by atoms with Crippen molar-refractivity contribution in [3.8, 4) is 0 Å². The van der Waals surface area contributed by atoms with Gasteiger partial charge in [-0.3, -0.25) is 4.79 Å². The van der Waals surface area contributed by atoms with Crippen LogP contribution in [-0.2, 0) is 11.3 Å². The Morgan fingerprint density at radius 2 is 1.95 bits per heavy atom. The van der Waals surface area contributed by atoms with Gasteiger partial charge in [0.05, 0.1) is 0 Å². The summed E-state index contributed by atoms with van der Waals surface area (Å²) in [5.74, 6) is 0.0550. The summed E-state index contributed by atoms with van der Waals surface area (Å²) in [4.78, 5) is 14.0. The van der Waals surface area contributed by atoms with E-state index in [-0.39, 0.29) is 5.91 Å². The Morgan fingerprint density at radius 3 is 2.58 bits per heavy atom. The molecule has 0 heterocycles. The van der Waals surface area contributed by atoms with E-state index in [4.69, 9.17) is 0 Å². The van der Waals surface area contributed by atoms with Gasteiger partial charge in [-0.15, -0.1) is 0 Å². The Balaban J connectivity index is 2.53. The van der Waals surface area contributed by atoms with E-state index in [0.29, 0.717) is 19.0 Å². The van der Waals surface area contributed by atoms with Crippen molar-refractivity contribution < 1.29 is 4.79 Å². The SMILES string of the molecule is CC(C)NCCC(=O)Nc1ccccc1CN(C)C. The molecule has 0 bridgehead atoms. The molecule has 0 aliphatic heterocycles. The zero-order valence-corrected chi connectivity index (χ0v) is 12.4. The number of amides is 1. The maximum atomic E-state index is 11.9. The molecule has 0 aliphatic carbocycles. The third kappa shape index (κ3) is 6.36. The Bertz CT molecular complexity index is 402. The number of anilines is 1.